The van der Waals surface area contributed by atoms with Gasteiger partial charge in [-0.05, 0) is 49.1 Å². The molecule has 0 radical (unpaired) electrons. The summed E-state index contributed by atoms with van der Waals surface area (Å²) in [5.74, 6) is -1.32. The van der Waals surface area contributed by atoms with Crippen LogP contribution in [0.15, 0.2) is 48.5 Å². The van der Waals surface area contributed by atoms with Gasteiger partial charge in [-0.3, -0.25) is 9.59 Å². The second-order valence-corrected chi connectivity index (χ2v) is 6.71. The molecule has 6 heteroatoms. The van der Waals surface area contributed by atoms with Crippen molar-refractivity contribution in [1.29, 1.82) is 0 Å². The van der Waals surface area contributed by atoms with Gasteiger partial charge in [0.15, 0.2) is 0 Å². The number of nitrogens with zero attached hydrogens (tertiary/aromatic N) is 1. The predicted octanol–water partition coefficient (Wildman–Crippen LogP) is 3.18. The Morgan fingerprint density at radius 2 is 1.67 bits per heavy atom. The Labute approximate surface area is 157 Å². The summed E-state index contributed by atoms with van der Waals surface area (Å²) in [6, 6.07) is 12.1. The van der Waals surface area contributed by atoms with Crippen molar-refractivity contribution in [3.05, 3.63) is 71.3 Å². The van der Waals surface area contributed by atoms with Crippen molar-refractivity contribution in [2.24, 2.45) is 5.92 Å². The summed E-state index contributed by atoms with van der Waals surface area (Å²) in [6.07, 6.45) is 1.75. The Morgan fingerprint density at radius 3 is 2.33 bits per heavy atom. The number of amides is 2. The Morgan fingerprint density at radius 1 is 1.00 bits per heavy atom. The van der Waals surface area contributed by atoms with E-state index in [-0.39, 0.29) is 29.1 Å². The van der Waals surface area contributed by atoms with Crippen LogP contribution in [0.3, 0.4) is 0 Å². The average Bonchev–Trinajstić information content (AvgIpc) is 2.69. The minimum absolute atomic E-state index is 0.0323. The Balaban J connectivity index is 1.44. The van der Waals surface area contributed by atoms with Gasteiger partial charge < -0.3 is 10.2 Å². The zero-order valence-corrected chi connectivity index (χ0v) is 15.0. The lowest BCUT2D eigenvalue weighted by Gasteiger charge is -2.31. The summed E-state index contributed by atoms with van der Waals surface area (Å²) < 4.78 is 26.6. The van der Waals surface area contributed by atoms with Crippen LogP contribution in [0.2, 0.25) is 0 Å². The molecule has 1 N–H and O–H groups in total. The van der Waals surface area contributed by atoms with Crippen LogP contribution in [0, 0.1) is 17.6 Å². The topological polar surface area (TPSA) is 49.4 Å². The first-order valence-corrected chi connectivity index (χ1v) is 9.10. The molecule has 1 fully saturated rings. The van der Waals surface area contributed by atoms with Crippen LogP contribution in [-0.4, -0.2) is 36.3 Å². The summed E-state index contributed by atoms with van der Waals surface area (Å²) in [5.41, 5.74) is 1.03. The molecule has 4 nitrogen and oxygen atoms in total. The summed E-state index contributed by atoms with van der Waals surface area (Å²) >= 11 is 0. The maximum Gasteiger partial charge on any atom is 0.256 e. The number of likely N-dealkylation sites (tertiary alicyclic amines) is 1. The fraction of sp³-hybridized carbons (Fsp3) is 0.333. The van der Waals surface area contributed by atoms with E-state index in [1.807, 2.05) is 0 Å². The van der Waals surface area contributed by atoms with Crippen molar-refractivity contribution in [3.8, 4) is 0 Å². The molecule has 1 heterocycles. The number of piperidine rings is 1. The molecule has 27 heavy (non-hydrogen) atoms. The van der Waals surface area contributed by atoms with Crippen LogP contribution >= 0.6 is 0 Å². The molecular formula is C21H22F2N2O2. The standard InChI is InChI=1S/C21H22F2N2O2/c22-17-7-5-15(6-8-17)9-12-24-20(26)16-10-13-25(14-11-16)21(27)18-3-1-2-4-19(18)23/h1-8,16H,9-14H2,(H,24,26). The lowest BCUT2D eigenvalue weighted by Crippen LogP contribution is -2.43. The van der Waals surface area contributed by atoms with Crippen molar-refractivity contribution >= 4 is 11.8 Å². The second-order valence-electron chi connectivity index (χ2n) is 6.71. The first kappa shape index (κ1) is 19.0. The molecule has 0 bridgehead atoms. The molecule has 0 aliphatic carbocycles. The van der Waals surface area contributed by atoms with E-state index in [0.29, 0.717) is 38.9 Å². The van der Waals surface area contributed by atoms with Crippen LogP contribution in [0.25, 0.3) is 0 Å². The van der Waals surface area contributed by atoms with Crippen LogP contribution in [0.5, 0.6) is 0 Å². The number of rotatable bonds is 5. The summed E-state index contributed by atoms with van der Waals surface area (Å²) in [7, 11) is 0. The molecule has 1 saturated heterocycles. The van der Waals surface area contributed by atoms with Crippen molar-refractivity contribution in [2.75, 3.05) is 19.6 Å². The van der Waals surface area contributed by atoms with Gasteiger partial charge in [-0.2, -0.15) is 0 Å². The SMILES string of the molecule is O=C(NCCc1ccc(F)cc1)C1CCN(C(=O)c2ccccc2F)CC1. The van der Waals surface area contributed by atoms with Crippen LogP contribution in [0.4, 0.5) is 8.78 Å². The van der Waals surface area contributed by atoms with Crippen molar-refractivity contribution in [3.63, 3.8) is 0 Å². The van der Waals surface area contributed by atoms with Crippen LogP contribution in [-0.2, 0) is 11.2 Å². The van der Waals surface area contributed by atoms with Gasteiger partial charge in [0.2, 0.25) is 5.91 Å². The molecule has 0 aromatic heterocycles. The van der Waals surface area contributed by atoms with Gasteiger partial charge >= 0.3 is 0 Å². The van der Waals surface area contributed by atoms with E-state index in [0.717, 1.165) is 5.56 Å². The predicted molar refractivity (Wildman–Crippen MR) is 98.1 cm³/mol. The van der Waals surface area contributed by atoms with E-state index in [1.54, 1.807) is 29.2 Å². The maximum absolute atomic E-state index is 13.8. The highest BCUT2D eigenvalue weighted by atomic mass is 19.1. The van der Waals surface area contributed by atoms with Crippen molar-refractivity contribution in [2.45, 2.75) is 19.3 Å². The smallest absolute Gasteiger partial charge is 0.256 e. The average molecular weight is 372 g/mol. The molecule has 2 aromatic carbocycles. The fourth-order valence-electron chi connectivity index (χ4n) is 3.28. The Bertz CT molecular complexity index is 800. The number of hydrogen-bond acceptors (Lipinski definition) is 2. The lowest BCUT2D eigenvalue weighted by molar-refractivity contribution is -0.126. The minimum atomic E-state index is -0.525. The number of carbonyl (C=O) groups is 2. The zero-order chi connectivity index (χ0) is 19.2. The number of nitrogens with one attached hydrogen (secondary N) is 1. The second kappa shape index (κ2) is 8.75. The first-order chi connectivity index (χ1) is 13.0. The molecule has 3 rings (SSSR count). The van der Waals surface area contributed by atoms with Crippen LogP contribution < -0.4 is 5.32 Å². The molecule has 0 spiro atoms. The summed E-state index contributed by atoms with van der Waals surface area (Å²) in [4.78, 5) is 26.3. The van der Waals surface area contributed by atoms with E-state index in [4.69, 9.17) is 0 Å². The number of benzene rings is 2. The lowest BCUT2D eigenvalue weighted by atomic mass is 9.95. The highest BCUT2D eigenvalue weighted by molar-refractivity contribution is 5.94. The number of carbonyl (C=O) groups excluding carboxylic acids is 2. The van der Waals surface area contributed by atoms with Gasteiger partial charge in [-0.15, -0.1) is 0 Å². The number of hydrogen-bond donors (Lipinski definition) is 1. The van der Waals surface area contributed by atoms with Gasteiger partial charge in [-0.1, -0.05) is 24.3 Å². The maximum atomic E-state index is 13.8. The zero-order valence-electron chi connectivity index (χ0n) is 15.0. The van der Waals surface area contributed by atoms with Gasteiger partial charge in [0.25, 0.3) is 5.91 Å². The quantitative estimate of drug-likeness (QED) is 0.876. The molecule has 0 unspecified atom stereocenters. The molecule has 142 valence electrons. The molecule has 0 saturated carbocycles. The third kappa shape index (κ3) is 4.90. The highest BCUT2D eigenvalue weighted by Crippen LogP contribution is 2.20. The first-order valence-electron chi connectivity index (χ1n) is 9.10. The molecule has 0 atom stereocenters. The highest BCUT2D eigenvalue weighted by Gasteiger charge is 2.28. The van der Waals surface area contributed by atoms with Gasteiger partial charge in [0, 0.05) is 25.6 Å². The van der Waals surface area contributed by atoms with E-state index >= 15 is 0 Å². The monoisotopic (exact) mass is 372 g/mol. The van der Waals surface area contributed by atoms with Gasteiger partial charge in [-0.25, -0.2) is 8.78 Å². The third-order valence-electron chi connectivity index (χ3n) is 4.88. The Hall–Kier alpha value is -2.76. The Kier molecular flexibility index (Phi) is 6.16. The van der Waals surface area contributed by atoms with Crippen LogP contribution in [0.1, 0.15) is 28.8 Å². The third-order valence-corrected chi connectivity index (χ3v) is 4.88. The van der Waals surface area contributed by atoms with E-state index in [9.17, 15) is 18.4 Å². The largest absolute Gasteiger partial charge is 0.356 e. The molecular weight excluding hydrogens is 350 g/mol. The molecule has 2 aromatic rings. The van der Waals surface area contributed by atoms with E-state index in [2.05, 4.69) is 5.32 Å². The minimum Gasteiger partial charge on any atom is -0.356 e. The molecule has 2 amide bonds. The fourth-order valence-corrected chi connectivity index (χ4v) is 3.28. The summed E-state index contributed by atoms with van der Waals surface area (Å²) in [5, 5.41) is 2.90. The molecule has 1 aliphatic rings. The van der Waals surface area contributed by atoms with Gasteiger partial charge in [0.1, 0.15) is 11.6 Å². The molecule has 1 aliphatic heterocycles. The van der Waals surface area contributed by atoms with Crippen molar-refractivity contribution < 1.29 is 18.4 Å². The van der Waals surface area contributed by atoms with Gasteiger partial charge in [0.05, 0.1) is 5.56 Å². The van der Waals surface area contributed by atoms with E-state index in [1.165, 1.54) is 24.3 Å². The van der Waals surface area contributed by atoms with Crippen molar-refractivity contribution in [1.82, 2.24) is 10.2 Å². The summed E-state index contributed by atoms with van der Waals surface area (Å²) in [6.45, 7) is 1.35. The normalized spacial score (nSPS) is 14.8. The number of halogens is 2. The van der Waals surface area contributed by atoms with E-state index < -0.39 is 5.82 Å².